The molecule has 0 aliphatic carbocycles. The minimum atomic E-state index is -0.320. The molecule has 1 aliphatic heterocycles. The lowest BCUT2D eigenvalue weighted by Crippen LogP contribution is -2.57. The molecular formula is C16H25FN2O. The van der Waals surface area contributed by atoms with Gasteiger partial charge in [0.05, 0.1) is 16.9 Å². The van der Waals surface area contributed by atoms with Gasteiger partial charge in [-0.3, -0.25) is 0 Å². The van der Waals surface area contributed by atoms with Gasteiger partial charge < -0.3 is 15.4 Å². The number of benzene rings is 1. The maximum Gasteiger partial charge on any atom is 0.146 e. The fourth-order valence-corrected chi connectivity index (χ4v) is 3.18. The Hall–Kier alpha value is -1.13. The number of nitrogens with two attached hydrogens (primary N) is 1. The molecule has 0 aromatic heterocycles. The second-order valence-corrected chi connectivity index (χ2v) is 6.94. The van der Waals surface area contributed by atoms with Crippen molar-refractivity contribution >= 4 is 5.69 Å². The maximum atomic E-state index is 14.4. The SMILES string of the molecule is C[C@H](N)c1cccc(F)c1N1CC(C)(C)OC(C)(C)C1. The Balaban J connectivity index is 2.45. The van der Waals surface area contributed by atoms with Crippen molar-refractivity contribution in [2.24, 2.45) is 5.73 Å². The van der Waals surface area contributed by atoms with E-state index in [9.17, 15) is 4.39 Å². The molecule has 0 bridgehead atoms. The number of hydrogen-bond donors (Lipinski definition) is 1. The van der Waals surface area contributed by atoms with Crippen LogP contribution in [0.1, 0.15) is 46.2 Å². The number of para-hydroxylation sites is 1. The fourth-order valence-electron chi connectivity index (χ4n) is 3.18. The first-order chi connectivity index (χ1) is 9.11. The zero-order valence-electron chi connectivity index (χ0n) is 13.0. The molecule has 1 aromatic rings. The third-order valence-corrected chi connectivity index (χ3v) is 3.52. The number of halogens is 1. The average molecular weight is 280 g/mol. The molecule has 1 aromatic carbocycles. The Bertz CT molecular complexity index is 481. The molecule has 1 saturated heterocycles. The van der Waals surface area contributed by atoms with Crippen molar-refractivity contribution < 1.29 is 9.13 Å². The molecule has 2 rings (SSSR count). The topological polar surface area (TPSA) is 38.5 Å². The van der Waals surface area contributed by atoms with Gasteiger partial charge in [-0.05, 0) is 46.2 Å². The second-order valence-electron chi connectivity index (χ2n) is 6.94. The summed E-state index contributed by atoms with van der Waals surface area (Å²) in [6.07, 6.45) is 0. The summed E-state index contributed by atoms with van der Waals surface area (Å²) in [5, 5.41) is 0. The molecule has 1 heterocycles. The van der Waals surface area contributed by atoms with Crippen LogP contribution in [0.3, 0.4) is 0 Å². The summed E-state index contributed by atoms with van der Waals surface area (Å²) in [6, 6.07) is 4.92. The molecular weight excluding hydrogens is 255 g/mol. The van der Waals surface area contributed by atoms with E-state index in [0.717, 1.165) is 5.56 Å². The van der Waals surface area contributed by atoms with Gasteiger partial charge in [-0.2, -0.15) is 0 Å². The van der Waals surface area contributed by atoms with E-state index in [2.05, 4.69) is 4.90 Å². The van der Waals surface area contributed by atoms with Gasteiger partial charge in [0.1, 0.15) is 5.82 Å². The van der Waals surface area contributed by atoms with Crippen LogP contribution in [-0.2, 0) is 4.74 Å². The molecule has 0 radical (unpaired) electrons. The minimum Gasteiger partial charge on any atom is -0.366 e. The monoisotopic (exact) mass is 280 g/mol. The van der Waals surface area contributed by atoms with Gasteiger partial charge in [-0.1, -0.05) is 12.1 Å². The lowest BCUT2D eigenvalue weighted by Gasteiger charge is -2.48. The fraction of sp³-hybridized carbons (Fsp3) is 0.625. The summed E-state index contributed by atoms with van der Waals surface area (Å²) >= 11 is 0. The molecule has 112 valence electrons. The molecule has 3 nitrogen and oxygen atoms in total. The highest BCUT2D eigenvalue weighted by Gasteiger charge is 2.39. The van der Waals surface area contributed by atoms with E-state index in [4.69, 9.17) is 10.5 Å². The Morgan fingerprint density at radius 3 is 2.25 bits per heavy atom. The normalized spacial score (nSPS) is 22.6. The van der Waals surface area contributed by atoms with Gasteiger partial charge in [-0.25, -0.2) is 4.39 Å². The summed E-state index contributed by atoms with van der Waals surface area (Å²) < 4.78 is 20.4. The molecule has 0 amide bonds. The molecule has 4 heteroatoms. The summed E-state index contributed by atoms with van der Waals surface area (Å²) in [5.74, 6) is -0.215. The van der Waals surface area contributed by atoms with Crippen LogP contribution in [0.15, 0.2) is 18.2 Å². The van der Waals surface area contributed by atoms with Gasteiger partial charge in [0.25, 0.3) is 0 Å². The maximum absolute atomic E-state index is 14.4. The van der Waals surface area contributed by atoms with Crippen LogP contribution in [-0.4, -0.2) is 24.3 Å². The quantitative estimate of drug-likeness (QED) is 0.904. The third kappa shape index (κ3) is 3.13. The van der Waals surface area contributed by atoms with Crippen LogP contribution >= 0.6 is 0 Å². The van der Waals surface area contributed by atoms with Crippen molar-refractivity contribution in [3.05, 3.63) is 29.6 Å². The Kier molecular flexibility index (Phi) is 3.82. The van der Waals surface area contributed by atoms with Crippen LogP contribution in [0, 0.1) is 5.82 Å². The van der Waals surface area contributed by atoms with Crippen LogP contribution < -0.4 is 10.6 Å². The standard InChI is InChI=1S/C16H25FN2O/c1-11(18)12-7-6-8-13(17)14(12)19-9-15(2,3)20-16(4,5)10-19/h6-8,11H,9-10,18H2,1-5H3/t11-/m0/s1. The molecule has 1 aliphatic rings. The van der Waals surface area contributed by atoms with Crippen LogP contribution in [0.2, 0.25) is 0 Å². The van der Waals surface area contributed by atoms with Crippen molar-refractivity contribution in [1.82, 2.24) is 0 Å². The Morgan fingerprint density at radius 1 is 1.20 bits per heavy atom. The zero-order chi connectivity index (χ0) is 15.1. The van der Waals surface area contributed by atoms with Gasteiger partial charge in [0, 0.05) is 19.1 Å². The zero-order valence-corrected chi connectivity index (χ0v) is 13.0. The van der Waals surface area contributed by atoms with Gasteiger partial charge in [0.15, 0.2) is 0 Å². The van der Waals surface area contributed by atoms with Crippen LogP contribution in [0.25, 0.3) is 0 Å². The molecule has 0 spiro atoms. The first kappa shape index (κ1) is 15.3. The third-order valence-electron chi connectivity index (χ3n) is 3.52. The van der Waals surface area contributed by atoms with Crippen molar-refractivity contribution in [1.29, 1.82) is 0 Å². The second kappa shape index (κ2) is 5.01. The van der Waals surface area contributed by atoms with E-state index in [1.165, 1.54) is 6.07 Å². The molecule has 1 atom stereocenters. The number of hydrogen-bond acceptors (Lipinski definition) is 3. The molecule has 20 heavy (non-hydrogen) atoms. The Morgan fingerprint density at radius 2 is 1.75 bits per heavy atom. The highest BCUT2D eigenvalue weighted by atomic mass is 19.1. The first-order valence-electron chi connectivity index (χ1n) is 7.10. The van der Waals surface area contributed by atoms with E-state index in [-0.39, 0.29) is 23.1 Å². The predicted molar refractivity (Wildman–Crippen MR) is 80.5 cm³/mol. The van der Waals surface area contributed by atoms with Crippen molar-refractivity contribution in [2.45, 2.75) is 51.9 Å². The Labute approximate surface area is 120 Å². The van der Waals surface area contributed by atoms with Gasteiger partial charge in [-0.15, -0.1) is 0 Å². The largest absolute Gasteiger partial charge is 0.366 e. The smallest absolute Gasteiger partial charge is 0.146 e. The predicted octanol–water partition coefficient (Wildman–Crippen LogP) is 3.24. The van der Waals surface area contributed by atoms with E-state index in [0.29, 0.717) is 18.8 Å². The highest BCUT2D eigenvalue weighted by Crippen LogP contribution is 2.35. The average Bonchev–Trinajstić information content (AvgIpc) is 2.23. The van der Waals surface area contributed by atoms with Crippen molar-refractivity contribution in [3.63, 3.8) is 0 Å². The number of rotatable bonds is 2. The van der Waals surface area contributed by atoms with E-state index in [1.54, 1.807) is 6.07 Å². The highest BCUT2D eigenvalue weighted by molar-refractivity contribution is 5.57. The van der Waals surface area contributed by atoms with E-state index < -0.39 is 0 Å². The van der Waals surface area contributed by atoms with Gasteiger partial charge >= 0.3 is 0 Å². The van der Waals surface area contributed by atoms with E-state index >= 15 is 0 Å². The first-order valence-corrected chi connectivity index (χ1v) is 7.10. The summed E-state index contributed by atoms with van der Waals surface area (Å²) in [5.41, 5.74) is 6.82. The molecule has 0 unspecified atom stereocenters. The number of anilines is 1. The number of ether oxygens (including phenoxy) is 1. The summed E-state index contributed by atoms with van der Waals surface area (Å²) in [4.78, 5) is 2.07. The summed E-state index contributed by atoms with van der Waals surface area (Å²) in [6.45, 7) is 11.3. The number of nitrogens with zero attached hydrogens (tertiary/aromatic N) is 1. The number of morpholine rings is 1. The summed E-state index contributed by atoms with van der Waals surface area (Å²) in [7, 11) is 0. The van der Waals surface area contributed by atoms with Crippen LogP contribution in [0.4, 0.5) is 10.1 Å². The van der Waals surface area contributed by atoms with Crippen LogP contribution in [0.5, 0.6) is 0 Å². The van der Waals surface area contributed by atoms with Crippen molar-refractivity contribution in [2.75, 3.05) is 18.0 Å². The van der Waals surface area contributed by atoms with Crippen molar-refractivity contribution in [3.8, 4) is 0 Å². The lowest BCUT2D eigenvalue weighted by molar-refractivity contribution is -0.133. The van der Waals surface area contributed by atoms with Gasteiger partial charge in [0.2, 0.25) is 0 Å². The molecule has 2 N–H and O–H groups in total. The van der Waals surface area contributed by atoms with E-state index in [1.807, 2.05) is 40.7 Å². The minimum absolute atomic E-state index is 0.199. The molecule has 1 fully saturated rings. The lowest BCUT2D eigenvalue weighted by atomic mass is 9.96. The molecule has 0 saturated carbocycles.